The summed E-state index contributed by atoms with van der Waals surface area (Å²) < 4.78 is 58.6. The summed E-state index contributed by atoms with van der Waals surface area (Å²) in [4.78, 5) is 15.8. The number of nitrogens with two attached hydrogens (primary N) is 1. The molecule has 4 saturated carbocycles. The molecule has 2 aromatic heterocycles. The summed E-state index contributed by atoms with van der Waals surface area (Å²) >= 11 is 0. The fourth-order valence-electron chi connectivity index (χ4n) is 6.64. The van der Waals surface area contributed by atoms with Crippen LogP contribution in [0.3, 0.4) is 0 Å². The van der Waals surface area contributed by atoms with Crippen LogP contribution < -0.4 is 15.2 Å². The Balaban J connectivity index is 0.964. The highest BCUT2D eigenvalue weighted by atomic mass is 19.4. The second kappa shape index (κ2) is 10.2. The summed E-state index contributed by atoms with van der Waals surface area (Å²) in [6, 6.07) is 7.25. The van der Waals surface area contributed by atoms with Gasteiger partial charge in [0, 0.05) is 23.1 Å². The number of carbonyl (C=O) groups excluding carboxylic acids is 1. The van der Waals surface area contributed by atoms with E-state index < -0.39 is 17.6 Å². The van der Waals surface area contributed by atoms with Gasteiger partial charge in [0.15, 0.2) is 11.4 Å². The molecule has 4 aliphatic rings. The van der Waals surface area contributed by atoms with Gasteiger partial charge in [-0.2, -0.15) is 13.2 Å². The van der Waals surface area contributed by atoms with Crippen LogP contribution in [0.25, 0.3) is 17.3 Å². The van der Waals surface area contributed by atoms with Gasteiger partial charge in [-0.3, -0.25) is 4.79 Å². The van der Waals surface area contributed by atoms with Crippen molar-refractivity contribution in [3.05, 3.63) is 65.2 Å². The van der Waals surface area contributed by atoms with Crippen LogP contribution in [0, 0.1) is 17.3 Å². The first-order valence-electron chi connectivity index (χ1n) is 14.6. The van der Waals surface area contributed by atoms with Gasteiger partial charge in [-0.1, -0.05) is 35.5 Å². The van der Waals surface area contributed by atoms with Crippen molar-refractivity contribution >= 4 is 12.0 Å². The molecular weight excluding hydrogens is 547 g/mol. The highest BCUT2D eigenvalue weighted by molar-refractivity contribution is 5.93. The molecule has 1 aromatic carbocycles. The summed E-state index contributed by atoms with van der Waals surface area (Å²) in [6.07, 6.45) is 9.29. The molecule has 2 N–H and O–H groups in total. The Hall–Kier alpha value is -3.82. The second-order valence-corrected chi connectivity index (χ2v) is 12.4. The molecule has 1 spiro atoms. The van der Waals surface area contributed by atoms with E-state index in [0.717, 1.165) is 57.4 Å². The first-order chi connectivity index (χ1) is 20.2. The molecule has 42 heavy (non-hydrogen) atoms. The van der Waals surface area contributed by atoms with E-state index in [0.29, 0.717) is 46.7 Å². The number of aromatic nitrogens is 2. The van der Waals surface area contributed by atoms with Crippen LogP contribution in [-0.2, 0) is 6.18 Å². The molecule has 0 radical (unpaired) electrons. The lowest BCUT2D eigenvalue weighted by Gasteiger charge is -2.57. The van der Waals surface area contributed by atoms with Crippen LogP contribution in [0.4, 0.5) is 13.2 Å². The van der Waals surface area contributed by atoms with Crippen LogP contribution in [-0.4, -0.2) is 28.8 Å². The summed E-state index contributed by atoms with van der Waals surface area (Å²) in [5, 5.41) is 4.12. The fraction of sp³-hybridized carbons (Fsp3) is 0.469. The molecule has 0 unspecified atom stereocenters. The van der Waals surface area contributed by atoms with Gasteiger partial charge in [0.1, 0.15) is 17.2 Å². The Bertz CT molecular complexity index is 1530. The monoisotopic (exact) mass is 579 g/mol. The number of halogens is 3. The van der Waals surface area contributed by atoms with Gasteiger partial charge < -0.3 is 19.7 Å². The minimum atomic E-state index is -4.47. The topological polar surface area (TPSA) is 100 Å². The van der Waals surface area contributed by atoms with Gasteiger partial charge in [-0.15, -0.1) is 0 Å². The fourth-order valence-corrected chi connectivity index (χ4v) is 6.64. The van der Waals surface area contributed by atoms with E-state index >= 15 is 0 Å². The average Bonchev–Trinajstić information content (AvgIpc) is 3.85. The maximum absolute atomic E-state index is 13.7. The van der Waals surface area contributed by atoms with Gasteiger partial charge in [0.05, 0.1) is 24.5 Å². The van der Waals surface area contributed by atoms with Gasteiger partial charge in [-0.25, -0.2) is 4.98 Å². The number of rotatable bonds is 10. The average molecular weight is 580 g/mol. The van der Waals surface area contributed by atoms with Crippen molar-refractivity contribution in [3.63, 3.8) is 0 Å². The number of pyridine rings is 1. The Labute approximate surface area is 241 Å². The molecule has 0 saturated heterocycles. The third-order valence-corrected chi connectivity index (χ3v) is 8.93. The molecule has 4 fully saturated rings. The molecule has 10 heteroatoms. The molecule has 0 atom stereocenters. The standard InChI is InChI=1S/C32H32F3N3O4/c33-32(34,35)25-4-2-1-3-23(25)27-24(29(42-38-27)20-6-7-20)10-5-18-12-31(13-18)14-19(15-31)17-40-22-11-26(41-21-8-9-21)28(30(36)39)37-16-22/h1-5,10-11,16,18-21H,6-9,12-15,17H2,(H2,36,39)/b10-5+. The van der Waals surface area contributed by atoms with Crippen molar-refractivity contribution in [2.75, 3.05) is 6.61 Å². The minimum Gasteiger partial charge on any atom is -0.492 e. The lowest BCUT2D eigenvalue weighted by molar-refractivity contribution is -0.137. The van der Waals surface area contributed by atoms with Crippen LogP contribution in [0.5, 0.6) is 11.5 Å². The molecule has 0 bridgehead atoms. The number of benzene rings is 1. The third kappa shape index (κ3) is 5.39. The second-order valence-electron chi connectivity index (χ2n) is 12.4. The molecular formula is C32H32F3N3O4. The maximum Gasteiger partial charge on any atom is 0.417 e. The lowest BCUT2D eigenvalue weighted by Crippen LogP contribution is -2.48. The molecule has 7 rings (SSSR count). The van der Waals surface area contributed by atoms with Crippen molar-refractivity contribution in [1.29, 1.82) is 0 Å². The number of primary amides is 1. The van der Waals surface area contributed by atoms with Crippen molar-refractivity contribution in [1.82, 2.24) is 10.1 Å². The zero-order chi connectivity index (χ0) is 29.1. The lowest BCUT2D eigenvalue weighted by atomic mass is 9.48. The number of allylic oxidation sites excluding steroid dienone is 1. The molecule has 0 aliphatic heterocycles. The summed E-state index contributed by atoms with van der Waals surface area (Å²) in [7, 11) is 0. The predicted octanol–water partition coefficient (Wildman–Crippen LogP) is 7.17. The smallest absolute Gasteiger partial charge is 0.417 e. The van der Waals surface area contributed by atoms with E-state index in [2.05, 4.69) is 16.2 Å². The molecule has 7 nitrogen and oxygen atoms in total. The summed E-state index contributed by atoms with van der Waals surface area (Å²) in [5.74, 6) is 2.04. The van der Waals surface area contributed by atoms with E-state index in [4.69, 9.17) is 19.7 Å². The van der Waals surface area contributed by atoms with Gasteiger partial charge >= 0.3 is 6.18 Å². The van der Waals surface area contributed by atoms with E-state index in [-0.39, 0.29) is 29.0 Å². The van der Waals surface area contributed by atoms with Crippen LogP contribution >= 0.6 is 0 Å². The number of hydrogen-bond acceptors (Lipinski definition) is 6. The zero-order valence-corrected chi connectivity index (χ0v) is 23.0. The maximum atomic E-state index is 13.7. The first-order valence-corrected chi connectivity index (χ1v) is 14.6. The number of hydrogen-bond donors (Lipinski definition) is 1. The number of nitrogens with zero attached hydrogens (tertiary/aromatic N) is 2. The SMILES string of the molecule is NC(=O)c1ncc(OCC2CC3(CC(/C=C/c4c(-c5ccccc5C(F)(F)F)noc4C4CC4)C3)C2)cc1OC1CC1. The van der Waals surface area contributed by atoms with Crippen LogP contribution in [0.2, 0.25) is 0 Å². The highest BCUT2D eigenvalue weighted by Gasteiger charge is 2.52. The Kier molecular flexibility index (Phi) is 6.55. The first kappa shape index (κ1) is 27.0. The van der Waals surface area contributed by atoms with Crippen molar-refractivity contribution in [2.24, 2.45) is 23.0 Å². The normalized spacial score (nSPS) is 25.3. The van der Waals surface area contributed by atoms with Crippen LogP contribution in [0.1, 0.15) is 84.7 Å². The summed E-state index contributed by atoms with van der Waals surface area (Å²) in [5.41, 5.74) is 6.15. The summed E-state index contributed by atoms with van der Waals surface area (Å²) in [6.45, 7) is 0.566. The third-order valence-electron chi connectivity index (χ3n) is 8.93. The molecule has 4 aliphatic carbocycles. The van der Waals surface area contributed by atoms with Crippen LogP contribution in [0.15, 0.2) is 47.1 Å². The number of amides is 1. The molecule has 1 amide bonds. The predicted molar refractivity (Wildman–Crippen MR) is 148 cm³/mol. The van der Waals surface area contributed by atoms with Gasteiger partial charge in [0.25, 0.3) is 5.91 Å². The Morgan fingerprint density at radius 2 is 1.88 bits per heavy atom. The van der Waals surface area contributed by atoms with E-state index in [1.165, 1.54) is 18.3 Å². The van der Waals surface area contributed by atoms with Crippen molar-refractivity contribution in [3.8, 4) is 22.8 Å². The highest BCUT2D eigenvalue weighted by Crippen LogP contribution is 2.61. The Morgan fingerprint density at radius 3 is 2.57 bits per heavy atom. The molecule has 220 valence electrons. The molecule has 2 heterocycles. The van der Waals surface area contributed by atoms with Gasteiger partial charge in [0.2, 0.25) is 0 Å². The quantitative estimate of drug-likeness (QED) is 0.273. The van der Waals surface area contributed by atoms with E-state index in [9.17, 15) is 18.0 Å². The largest absolute Gasteiger partial charge is 0.492 e. The number of carbonyl (C=O) groups is 1. The zero-order valence-electron chi connectivity index (χ0n) is 23.0. The minimum absolute atomic E-state index is 0.0536. The van der Waals surface area contributed by atoms with E-state index in [1.807, 2.05) is 6.08 Å². The van der Waals surface area contributed by atoms with Gasteiger partial charge in [-0.05, 0) is 74.7 Å². The Morgan fingerprint density at radius 1 is 1.12 bits per heavy atom. The molecule has 3 aromatic rings. The van der Waals surface area contributed by atoms with Crippen molar-refractivity contribution in [2.45, 2.75) is 69.6 Å². The van der Waals surface area contributed by atoms with Crippen molar-refractivity contribution < 1.29 is 32.0 Å². The van der Waals surface area contributed by atoms with E-state index in [1.54, 1.807) is 12.1 Å². The number of alkyl halides is 3. The number of ether oxygens (including phenoxy) is 2.